The number of allylic oxidation sites excluding steroid dienone is 2. The standard InChI is InChI=1S/C25H28O4/c1-4-5-6-10-19(25(27)21-13-8-15-23(18-21)29-3)11-9-16-24(26)20-12-7-14-22(17-20)28-2/h4,7-8,10,12-15,17-18,24-27H,1,5-6,16H2,2-3H3. The number of hydrogen-bond acceptors (Lipinski definition) is 4. The fourth-order valence-electron chi connectivity index (χ4n) is 2.80. The van der Waals surface area contributed by atoms with Crippen molar-refractivity contribution < 1.29 is 19.7 Å². The lowest BCUT2D eigenvalue weighted by molar-refractivity contribution is 0.183. The smallest absolute Gasteiger partial charge is 0.119 e. The van der Waals surface area contributed by atoms with Gasteiger partial charge in [-0.05, 0) is 48.2 Å². The Morgan fingerprint density at radius 3 is 2.24 bits per heavy atom. The fraction of sp³-hybridized carbons (Fsp3) is 0.280. The van der Waals surface area contributed by atoms with Gasteiger partial charge >= 0.3 is 0 Å². The summed E-state index contributed by atoms with van der Waals surface area (Å²) in [5.74, 6) is 7.40. The summed E-state index contributed by atoms with van der Waals surface area (Å²) in [6, 6.07) is 14.6. The zero-order chi connectivity index (χ0) is 21.1. The topological polar surface area (TPSA) is 58.9 Å². The normalized spacial score (nSPS) is 13.0. The van der Waals surface area contributed by atoms with E-state index in [4.69, 9.17) is 9.47 Å². The molecular formula is C25H28O4. The summed E-state index contributed by atoms with van der Waals surface area (Å²) >= 11 is 0. The van der Waals surface area contributed by atoms with E-state index in [0.29, 0.717) is 22.6 Å². The molecule has 0 saturated carbocycles. The van der Waals surface area contributed by atoms with E-state index in [1.165, 1.54) is 0 Å². The van der Waals surface area contributed by atoms with Crippen LogP contribution in [0.3, 0.4) is 0 Å². The number of aliphatic hydroxyl groups is 2. The molecule has 0 heterocycles. The second-order valence-corrected chi connectivity index (χ2v) is 6.50. The van der Waals surface area contributed by atoms with Crippen molar-refractivity contribution in [3.05, 3.63) is 84.0 Å². The number of unbranched alkanes of at least 4 members (excludes halogenated alkanes) is 1. The van der Waals surface area contributed by atoms with Crippen molar-refractivity contribution in [2.45, 2.75) is 31.5 Å². The molecule has 2 unspecified atom stereocenters. The van der Waals surface area contributed by atoms with Gasteiger partial charge < -0.3 is 19.7 Å². The van der Waals surface area contributed by atoms with E-state index >= 15 is 0 Å². The SMILES string of the molecule is C=CCCC=C(C#CCC(O)c1cccc(OC)c1)C(O)c1cccc(OC)c1. The third-order valence-electron chi connectivity index (χ3n) is 4.45. The van der Waals surface area contributed by atoms with Gasteiger partial charge in [0, 0.05) is 12.0 Å². The molecule has 4 heteroatoms. The van der Waals surface area contributed by atoms with Crippen molar-refractivity contribution >= 4 is 0 Å². The maximum absolute atomic E-state index is 10.8. The van der Waals surface area contributed by atoms with Gasteiger partial charge in [-0.2, -0.15) is 0 Å². The van der Waals surface area contributed by atoms with Gasteiger partial charge in [0.15, 0.2) is 0 Å². The first-order valence-electron chi connectivity index (χ1n) is 9.53. The lowest BCUT2D eigenvalue weighted by Crippen LogP contribution is -2.01. The van der Waals surface area contributed by atoms with Crippen molar-refractivity contribution in [3.8, 4) is 23.3 Å². The zero-order valence-corrected chi connectivity index (χ0v) is 17.0. The molecule has 29 heavy (non-hydrogen) atoms. The van der Waals surface area contributed by atoms with E-state index in [0.717, 1.165) is 18.4 Å². The maximum atomic E-state index is 10.8. The number of ether oxygens (including phenoxy) is 2. The molecule has 152 valence electrons. The summed E-state index contributed by atoms with van der Waals surface area (Å²) < 4.78 is 10.4. The largest absolute Gasteiger partial charge is 0.497 e. The van der Waals surface area contributed by atoms with Crippen LogP contribution in [0.25, 0.3) is 0 Å². The Kier molecular flexibility index (Phi) is 9.04. The van der Waals surface area contributed by atoms with Gasteiger partial charge in [-0.3, -0.25) is 0 Å². The third-order valence-corrected chi connectivity index (χ3v) is 4.45. The van der Waals surface area contributed by atoms with Crippen LogP contribution in [0.1, 0.15) is 42.6 Å². The predicted molar refractivity (Wildman–Crippen MR) is 116 cm³/mol. The number of rotatable bonds is 9. The summed E-state index contributed by atoms with van der Waals surface area (Å²) in [4.78, 5) is 0. The van der Waals surface area contributed by atoms with Crippen LogP contribution < -0.4 is 9.47 Å². The highest BCUT2D eigenvalue weighted by molar-refractivity contribution is 5.41. The molecule has 0 saturated heterocycles. The lowest BCUT2D eigenvalue weighted by Gasteiger charge is -2.13. The van der Waals surface area contributed by atoms with E-state index in [-0.39, 0.29) is 6.42 Å². The average molecular weight is 392 g/mol. The van der Waals surface area contributed by atoms with Crippen molar-refractivity contribution in [2.24, 2.45) is 0 Å². The van der Waals surface area contributed by atoms with Gasteiger partial charge in [-0.25, -0.2) is 0 Å². The van der Waals surface area contributed by atoms with Crippen molar-refractivity contribution in [2.75, 3.05) is 14.2 Å². The van der Waals surface area contributed by atoms with Gasteiger partial charge in [-0.1, -0.05) is 48.3 Å². The van der Waals surface area contributed by atoms with Gasteiger partial charge in [0.25, 0.3) is 0 Å². The van der Waals surface area contributed by atoms with Crippen LogP contribution in [0.15, 0.2) is 72.8 Å². The minimum atomic E-state index is -0.864. The Morgan fingerprint density at radius 2 is 1.62 bits per heavy atom. The van der Waals surface area contributed by atoms with Crippen LogP contribution in [-0.4, -0.2) is 24.4 Å². The van der Waals surface area contributed by atoms with Gasteiger partial charge in [0.05, 0.1) is 20.3 Å². The summed E-state index contributed by atoms with van der Waals surface area (Å²) in [5.41, 5.74) is 2.04. The minimum absolute atomic E-state index is 0.247. The Labute approximate surface area is 173 Å². The molecule has 2 N–H and O–H groups in total. The van der Waals surface area contributed by atoms with Gasteiger partial charge in [0.1, 0.15) is 17.6 Å². The summed E-state index contributed by atoms with van der Waals surface area (Å²) in [6.07, 6.45) is 3.91. The Hall–Kier alpha value is -3.00. The van der Waals surface area contributed by atoms with Crippen LogP contribution in [0.5, 0.6) is 11.5 Å². The predicted octanol–water partition coefficient (Wildman–Crippen LogP) is 4.76. The quantitative estimate of drug-likeness (QED) is 0.367. The van der Waals surface area contributed by atoms with E-state index in [1.807, 2.05) is 48.6 Å². The third kappa shape index (κ3) is 6.83. The highest BCUT2D eigenvalue weighted by Gasteiger charge is 2.13. The van der Waals surface area contributed by atoms with Gasteiger partial charge in [0.2, 0.25) is 0 Å². The van der Waals surface area contributed by atoms with Crippen LogP contribution in [-0.2, 0) is 0 Å². The molecule has 0 aliphatic carbocycles. The maximum Gasteiger partial charge on any atom is 0.119 e. The number of hydrogen-bond donors (Lipinski definition) is 2. The van der Waals surface area contributed by atoms with Crippen molar-refractivity contribution in [3.63, 3.8) is 0 Å². The van der Waals surface area contributed by atoms with E-state index in [9.17, 15) is 10.2 Å². The first-order chi connectivity index (χ1) is 14.1. The van der Waals surface area contributed by atoms with Crippen molar-refractivity contribution in [1.29, 1.82) is 0 Å². The molecule has 0 aliphatic heterocycles. The van der Waals surface area contributed by atoms with E-state index < -0.39 is 12.2 Å². The molecule has 0 fully saturated rings. The number of methoxy groups -OCH3 is 2. The zero-order valence-electron chi connectivity index (χ0n) is 17.0. The molecule has 2 rings (SSSR count). The fourth-order valence-corrected chi connectivity index (χ4v) is 2.80. The second kappa shape index (κ2) is 11.8. The molecule has 0 aromatic heterocycles. The Morgan fingerprint density at radius 1 is 1.00 bits per heavy atom. The first-order valence-corrected chi connectivity index (χ1v) is 9.53. The Balaban J connectivity index is 2.18. The van der Waals surface area contributed by atoms with E-state index in [2.05, 4.69) is 18.4 Å². The molecule has 2 atom stereocenters. The summed E-state index contributed by atoms with van der Waals surface area (Å²) in [6.45, 7) is 3.73. The minimum Gasteiger partial charge on any atom is -0.497 e. The van der Waals surface area contributed by atoms with Crippen LogP contribution in [0.2, 0.25) is 0 Å². The number of benzene rings is 2. The monoisotopic (exact) mass is 392 g/mol. The molecular weight excluding hydrogens is 364 g/mol. The van der Waals surface area contributed by atoms with Crippen LogP contribution >= 0.6 is 0 Å². The summed E-state index contributed by atoms with van der Waals surface area (Å²) in [7, 11) is 3.18. The molecule has 0 radical (unpaired) electrons. The molecule has 2 aromatic carbocycles. The van der Waals surface area contributed by atoms with Crippen LogP contribution in [0.4, 0.5) is 0 Å². The highest BCUT2D eigenvalue weighted by Crippen LogP contribution is 2.26. The molecule has 2 aromatic rings. The van der Waals surface area contributed by atoms with E-state index in [1.54, 1.807) is 26.4 Å². The first kappa shape index (κ1) is 22.3. The van der Waals surface area contributed by atoms with Gasteiger partial charge in [-0.15, -0.1) is 6.58 Å². The molecule has 0 spiro atoms. The highest BCUT2D eigenvalue weighted by atomic mass is 16.5. The van der Waals surface area contributed by atoms with Crippen molar-refractivity contribution in [1.82, 2.24) is 0 Å². The Bertz CT molecular complexity index is 889. The molecule has 0 amide bonds. The average Bonchev–Trinajstić information content (AvgIpc) is 2.77. The van der Waals surface area contributed by atoms with Crippen LogP contribution in [0, 0.1) is 11.8 Å². The molecule has 4 nitrogen and oxygen atoms in total. The summed E-state index contributed by atoms with van der Waals surface area (Å²) in [5, 5.41) is 21.2. The number of aliphatic hydroxyl groups excluding tert-OH is 2. The molecule has 0 aliphatic rings. The lowest BCUT2D eigenvalue weighted by atomic mass is 9.99. The second-order valence-electron chi connectivity index (χ2n) is 6.50. The molecule has 0 bridgehead atoms.